The molecule has 5 aromatic carbocycles. The number of rotatable bonds is 2. The van der Waals surface area contributed by atoms with Crippen LogP contribution in [0.4, 0.5) is 0 Å². The van der Waals surface area contributed by atoms with Crippen LogP contribution in [0.5, 0.6) is 11.5 Å². The SMILES string of the molecule is c1ccc2c(c1)Oc1cc(-c3ccc(-c4nc5ccccc5o4)cc3)cc3c4ccccc4n-2c13. The van der Waals surface area contributed by atoms with Gasteiger partial charge in [0.05, 0.1) is 16.7 Å². The summed E-state index contributed by atoms with van der Waals surface area (Å²) < 4.78 is 14.7. The van der Waals surface area contributed by atoms with E-state index in [2.05, 4.69) is 82.3 Å². The molecule has 2 aromatic heterocycles. The van der Waals surface area contributed by atoms with Crippen LogP contribution in [0, 0.1) is 0 Å². The second kappa shape index (κ2) is 6.84. The highest BCUT2D eigenvalue weighted by atomic mass is 16.5. The molecule has 0 spiro atoms. The van der Waals surface area contributed by atoms with Gasteiger partial charge in [-0.1, -0.05) is 54.6 Å². The normalized spacial score (nSPS) is 12.2. The predicted molar refractivity (Wildman–Crippen MR) is 139 cm³/mol. The predicted octanol–water partition coefficient (Wildman–Crippen LogP) is 8.36. The minimum atomic E-state index is 0.631. The lowest BCUT2D eigenvalue weighted by molar-refractivity contribution is 0.476. The summed E-state index contributed by atoms with van der Waals surface area (Å²) in [6.07, 6.45) is 0. The van der Waals surface area contributed by atoms with Gasteiger partial charge in [0.15, 0.2) is 17.1 Å². The van der Waals surface area contributed by atoms with Gasteiger partial charge in [0, 0.05) is 16.3 Å². The molecule has 0 fully saturated rings. The molecule has 35 heavy (non-hydrogen) atoms. The molecule has 0 N–H and O–H groups in total. The zero-order valence-corrected chi connectivity index (χ0v) is 18.6. The Hall–Kier alpha value is -4.83. The molecule has 1 aliphatic heterocycles. The average molecular weight is 450 g/mol. The lowest BCUT2D eigenvalue weighted by atomic mass is 10.0. The summed E-state index contributed by atoms with van der Waals surface area (Å²) in [4.78, 5) is 4.63. The van der Waals surface area contributed by atoms with Crippen molar-refractivity contribution >= 4 is 32.9 Å². The standard InChI is InChI=1S/C31H18N2O2/c1-3-9-25-22(7-1)23-17-21(18-29-30(23)33(25)26-10-4-6-12-28(26)34-29)19-13-15-20(16-14-19)31-32-24-8-2-5-11-27(24)35-31/h1-18H. The highest BCUT2D eigenvalue weighted by Gasteiger charge is 2.24. The van der Waals surface area contributed by atoms with Crippen LogP contribution >= 0.6 is 0 Å². The number of ether oxygens (including phenoxy) is 1. The van der Waals surface area contributed by atoms with E-state index in [1.165, 1.54) is 16.3 Å². The number of oxazole rings is 1. The van der Waals surface area contributed by atoms with Crippen molar-refractivity contribution in [1.29, 1.82) is 0 Å². The topological polar surface area (TPSA) is 40.2 Å². The number of aromatic nitrogens is 2. The molecule has 0 bridgehead atoms. The third-order valence-electron chi connectivity index (χ3n) is 6.82. The van der Waals surface area contributed by atoms with E-state index in [-0.39, 0.29) is 0 Å². The van der Waals surface area contributed by atoms with Gasteiger partial charge in [0.1, 0.15) is 5.52 Å². The van der Waals surface area contributed by atoms with Crippen molar-refractivity contribution in [2.24, 2.45) is 0 Å². The number of nitrogens with zero attached hydrogens (tertiary/aromatic N) is 2. The van der Waals surface area contributed by atoms with Gasteiger partial charge in [-0.3, -0.25) is 0 Å². The van der Waals surface area contributed by atoms with E-state index >= 15 is 0 Å². The van der Waals surface area contributed by atoms with Crippen molar-refractivity contribution in [2.45, 2.75) is 0 Å². The van der Waals surface area contributed by atoms with E-state index in [9.17, 15) is 0 Å². The first kappa shape index (κ1) is 18.6. The fraction of sp³-hybridized carbons (Fsp3) is 0. The van der Waals surface area contributed by atoms with Crippen molar-refractivity contribution in [3.63, 3.8) is 0 Å². The highest BCUT2D eigenvalue weighted by molar-refractivity contribution is 6.13. The van der Waals surface area contributed by atoms with E-state index < -0.39 is 0 Å². The summed E-state index contributed by atoms with van der Waals surface area (Å²) in [5.41, 5.74) is 8.20. The van der Waals surface area contributed by atoms with Gasteiger partial charge in [0.2, 0.25) is 5.89 Å². The van der Waals surface area contributed by atoms with Gasteiger partial charge in [-0.25, -0.2) is 4.98 Å². The maximum atomic E-state index is 6.42. The molecule has 4 heteroatoms. The van der Waals surface area contributed by atoms with Gasteiger partial charge in [0.25, 0.3) is 0 Å². The Morgan fingerprint density at radius 3 is 2.29 bits per heavy atom. The second-order valence-electron chi connectivity index (χ2n) is 8.86. The van der Waals surface area contributed by atoms with Crippen LogP contribution in [-0.4, -0.2) is 9.55 Å². The van der Waals surface area contributed by atoms with E-state index in [0.717, 1.165) is 50.5 Å². The molecule has 1 aliphatic rings. The number of para-hydroxylation sites is 5. The molecule has 0 saturated carbocycles. The zero-order valence-electron chi connectivity index (χ0n) is 18.6. The van der Waals surface area contributed by atoms with Crippen LogP contribution in [0.2, 0.25) is 0 Å². The molecular weight excluding hydrogens is 432 g/mol. The van der Waals surface area contributed by atoms with Gasteiger partial charge in [-0.15, -0.1) is 0 Å². The van der Waals surface area contributed by atoms with E-state index in [4.69, 9.17) is 9.15 Å². The van der Waals surface area contributed by atoms with Crippen LogP contribution in [0.1, 0.15) is 0 Å². The maximum absolute atomic E-state index is 6.42. The molecule has 164 valence electrons. The Morgan fingerprint density at radius 2 is 1.37 bits per heavy atom. The summed E-state index contributed by atoms with van der Waals surface area (Å²) >= 11 is 0. The first-order chi connectivity index (χ1) is 17.3. The Bertz CT molecular complexity index is 1890. The Morgan fingerprint density at radius 1 is 0.600 bits per heavy atom. The first-order valence-corrected chi connectivity index (χ1v) is 11.6. The number of hydrogen-bond acceptors (Lipinski definition) is 3. The third-order valence-corrected chi connectivity index (χ3v) is 6.82. The molecule has 8 rings (SSSR count). The summed E-state index contributed by atoms with van der Waals surface area (Å²) in [7, 11) is 0. The third kappa shape index (κ3) is 2.65. The van der Waals surface area contributed by atoms with Crippen LogP contribution in [0.15, 0.2) is 114 Å². The smallest absolute Gasteiger partial charge is 0.227 e. The Labute approximate surface area is 200 Å². The van der Waals surface area contributed by atoms with Gasteiger partial charge < -0.3 is 13.7 Å². The van der Waals surface area contributed by atoms with Gasteiger partial charge in [-0.05, 0) is 65.7 Å². The average Bonchev–Trinajstić information content (AvgIpc) is 3.50. The molecular formula is C31H18N2O2. The van der Waals surface area contributed by atoms with E-state index in [0.29, 0.717) is 5.89 Å². The largest absolute Gasteiger partial charge is 0.453 e. The van der Waals surface area contributed by atoms with Crippen molar-refractivity contribution in [1.82, 2.24) is 9.55 Å². The van der Waals surface area contributed by atoms with Gasteiger partial charge >= 0.3 is 0 Å². The molecule has 0 unspecified atom stereocenters. The Kier molecular flexibility index (Phi) is 3.63. The van der Waals surface area contributed by atoms with E-state index in [1.54, 1.807) is 0 Å². The van der Waals surface area contributed by atoms with Crippen LogP contribution < -0.4 is 4.74 Å². The van der Waals surface area contributed by atoms with Crippen LogP contribution in [0.25, 0.3) is 61.2 Å². The fourth-order valence-corrected chi connectivity index (χ4v) is 5.20. The van der Waals surface area contributed by atoms with Crippen LogP contribution in [0.3, 0.4) is 0 Å². The number of fused-ring (bicyclic) bond motifs is 6. The van der Waals surface area contributed by atoms with Crippen LogP contribution in [-0.2, 0) is 0 Å². The summed E-state index contributed by atoms with van der Waals surface area (Å²) in [5.74, 6) is 2.37. The van der Waals surface area contributed by atoms with Crippen molar-refractivity contribution in [3.8, 4) is 39.8 Å². The second-order valence-corrected chi connectivity index (χ2v) is 8.86. The molecule has 3 heterocycles. The molecule has 0 radical (unpaired) electrons. The first-order valence-electron chi connectivity index (χ1n) is 11.6. The van der Waals surface area contributed by atoms with Crippen molar-refractivity contribution in [2.75, 3.05) is 0 Å². The van der Waals surface area contributed by atoms with E-state index in [1.807, 2.05) is 36.4 Å². The lowest BCUT2D eigenvalue weighted by Crippen LogP contribution is -2.03. The molecule has 4 nitrogen and oxygen atoms in total. The zero-order chi connectivity index (χ0) is 22.9. The lowest BCUT2D eigenvalue weighted by Gasteiger charge is -2.21. The monoisotopic (exact) mass is 450 g/mol. The Balaban J connectivity index is 1.30. The maximum Gasteiger partial charge on any atom is 0.227 e. The minimum Gasteiger partial charge on any atom is -0.453 e. The molecule has 0 aliphatic carbocycles. The highest BCUT2D eigenvalue weighted by Crippen LogP contribution is 2.47. The minimum absolute atomic E-state index is 0.631. The molecule has 0 atom stereocenters. The summed E-state index contributed by atoms with van der Waals surface area (Å²) in [6.45, 7) is 0. The van der Waals surface area contributed by atoms with Crippen molar-refractivity contribution < 1.29 is 9.15 Å². The molecule has 0 amide bonds. The fourth-order valence-electron chi connectivity index (χ4n) is 5.20. The number of hydrogen-bond donors (Lipinski definition) is 0. The molecule has 0 saturated heterocycles. The number of benzene rings is 5. The van der Waals surface area contributed by atoms with Crippen molar-refractivity contribution in [3.05, 3.63) is 109 Å². The summed E-state index contributed by atoms with van der Waals surface area (Å²) in [5, 5.41) is 2.40. The molecule has 7 aromatic rings. The summed E-state index contributed by atoms with van der Waals surface area (Å²) in [6, 6.07) is 37.4. The quantitative estimate of drug-likeness (QED) is 0.266. The van der Waals surface area contributed by atoms with Gasteiger partial charge in [-0.2, -0.15) is 0 Å².